The molecule has 4 rings (SSSR count). The number of carbonyl (C=O) groups excluding carboxylic acids is 1. The maximum atomic E-state index is 13.2. The van der Waals surface area contributed by atoms with Gasteiger partial charge in [-0.15, -0.1) is 0 Å². The number of likely N-dealkylation sites (N-methyl/N-ethyl adjacent to an activating group) is 1. The summed E-state index contributed by atoms with van der Waals surface area (Å²) in [6.07, 6.45) is 1.76. The van der Waals surface area contributed by atoms with E-state index in [4.69, 9.17) is 0 Å². The predicted molar refractivity (Wildman–Crippen MR) is 120 cm³/mol. The van der Waals surface area contributed by atoms with Crippen LogP contribution in [0, 0.1) is 11.3 Å². The summed E-state index contributed by atoms with van der Waals surface area (Å²) in [5.74, 6) is -0.0808. The van der Waals surface area contributed by atoms with E-state index in [9.17, 15) is 20.0 Å². The van der Waals surface area contributed by atoms with Gasteiger partial charge in [0.05, 0.1) is 47.4 Å². The van der Waals surface area contributed by atoms with Gasteiger partial charge in [-0.25, -0.2) is 4.98 Å². The fourth-order valence-electron chi connectivity index (χ4n) is 4.16. The monoisotopic (exact) mass is 431 g/mol. The van der Waals surface area contributed by atoms with E-state index < -0.39 is 0 Å². The Hall–Kier alpha value is -3.54. The third-order valence-corrected chi connectivity index (χ3v) is 5.94. The van der Waals surface area contributed by atoms with Gasteiger partial charge >= 0.3 is 0 Å². The number of nitrogens with one attached hydrogen (secondary N) is 1. The summed E-state index contributed by atoms with van der Waals surface area (Å²) in [6.45, 7) is 1.91. The molecule has 0 spiro atoms. The SMILES string of the molecule is CN(C(=O)Cc1ccc2ncc(=O)[nH]c2c1)[C@H](CN1CCC(O)C1)c1cccc(C#N)c1. The number of β-amino-alcohol motifs (C(OH)–C–C–N with tert-alkyl or cyclic N) is 1. The Morgan fingerprint density at radius 2 is 2.22 bits per heavy atom. The number of aromatic nitrogens is 2. The quantitative estimate of drug-likeness (QED) is 0.613. The van der Waals surface area contributed by atoms with Crippen LogP contribution in [0.15, 0.2) is 53.5 Å². The number of fused-ring (bicyclic) bond motifs is 1. The maximum Gasteiger partial charge on any atom is 0.266 e. The van der Waals surface area contributed by atoms with Crippen LogP contribution < -0.4 is 5.56 Å². The number of H-pyrrole nitrogens is 1. The Bertz CT molecular complexity index is 1230. The molecule has 0 saturated carbocycles. The maximum absolute atomic E-state index is 13.2. The summed E-state index contributed by atoms with van der Waals surface area (Å²) in [5.41, 5.74) is 3.17. The van der Waals surface area contributed by atoms with Crippen molar-refractivity contribution in [2.75, 3.05) is 26.7 Å². The van der Waals surface area contributed by atoms with Crippen LogP contribution in [0.5, 0.6) is 0 Å². The molecule has 1 aliphatic heterocycles. The van der Waals surface area contributed by atoms with E-state index in [0.717, 1.165) is 17.7 Å². The standard InChI is InChI=1S/C24H25N5O3/c1-28(24(32)11-16-5-6-20-21(10-16)27-23(31)13-26-20)22(15-29-8-7-19(30)14-29)18-4-2-3-17(9-18)12-25/h2-6,9-10,13,19,22,30H,7-8,11,14-15H2,1H3,(H,27,31)/t19?,22-/m1/s1. The van der Waals surface area contributed by atoms with Gasteiger partial charge in [0.2, 0.25) is 5.91 Å². The lowest BCUT2D eigenvalue weighted by Crippen LogP contribution is -2.39. The molecule has 2 heterocycles. The zero-order chi connectivity index (χ0) is 22.7. The molecule has 3 aromatic rings. The average Bonchev–Trinajstić information content (AvgIpc) is 3.21. The van der Waals surface area contributed by atoms with Gasteiger partial charge in [0.15, 0.2) is 0 Å². The molecular formula is C24H25N5O3. The van der Waals surface area contributed by atoms with Crippen LogP contribution in [-0.4, -0.2) is 63.6 Å². The van der Waals surface area contributed by atoms with Crippen molar-refractivity contribution >= 4 is 16.9 Å². The first-order valence-electron chi connectivity index (χ1n) is 10.6. The zero-order valence-corrected chi connectivity index (χ0v) is 17.9. The first kappa shape index (κ1) is 21.7. The molecule has 32 heavy (non-hydrogen) atoms. The van der Waals surface area contributed by atoms with E-state index in [0.29, 0.717) is 36.1 Å². The number of hydrogen-bond donors (Lipinski definition) is 2. The summed E-state index contributed by atoms with van der Waals surface area (Å²) in [5, 5.41) is 19.2. The van der Waals surface area contributed by atoms with Crippen LogP contribution in [0.1, 0.15) is 29.2 Å². The van der Waals surface area contributed by atoms with Crippen LogP contribution in [0.4, 0.5) is 0 Å². The van der Waals surface area contributed by atoms with Crippen LogP contribution >= 0.6 is 0 Å². The second-order valence-electron chi connectivity index (χ2n) is 8.24. The highest BCUT2D eigenvalue weighted by Crippen LogP contribution is 2.25. The van der Waals surface area contributed by atoms with Gasteiger partial charge < -0.3 is 15.0 Å². The summed E-state index contributed by atoms with van der Waals surface area (Å²) in [7, 11) is 1.77. The lowest BCUT2D eigenvalue weighted by molar-refractivity contribution is -0.131. The van der Waals surface area contributed by atoms with Gasteiger partial charge in [0.25, 0.3) is 5.56 Å². The first-order valence-corrected chi connectivity index (χ1v) is 10.6. The molecule has 164 valence electrons. The number of rotatable bonds is 6. The number of amides is 1. The third kappa shape index (κ3) is 4.85. The van der Waals surface area contributed by atoms with Gasteiger partial charge in [-0.2, -0.15) is 5.26 Å². The number of nitriles is 1. The Labute approximate surface area is 185 Å². The molecule has 1 aromatic heterocycles. The molecule has 1 unspecified atom stereocenters. The molecule has 8 heteroatoms. The molecule has 1 saturated heterocycles. The zero-order valence-electron chi connectivity index (χ0n) is 17.9. The minimum atomic E-state index is -0.351. The molecule has 8 nitrogen and oxygen atoms in total. The summed E-state index contributed by atoms with van der Waals surface area (Å²) in [4.78, 5) is 35.5. The minimum absolute atomic E-state index is 0.0808. The van der Waals surface area contributed by atoms with E-state index in [1.807, 2.05) is 24.3 Å². The highest BCUT2D eigenvalue weighted by atomic mass is 16.3. The molecular weight excluding hydrogens is 406 g/mol. The second-order valence-corrected chi connectivity index (χ2v) is 8.24. The number of aromatic amines is 1. The molecule has 2 atom stereocenters. The lowest BCUT2D eigenvalue weighted by atomic mass is 10.0. The Morgan fingerprint density at radius 3 is 2.97 bits per heavy atom. The molecule has 1 aliphatic rings. The summed E-state index contributed by atoms with van der Waals surface area (Å²) >= 11 is 0. The predicted octanol–water partition coefficient (Wildman–Crippen LogP) is 1.60. The molecule has 0 aliphatic carbocycles. The molecule has 0 bridgehead atoms. The van der Waals surface area contributed by atoms with Gasteiger partial charge in [-0.05, 0) is 41.8 Å². The van der Waals surface area contributed by atoms with Crippen molar-refractivity contribution in [1.82, 2.24) is 19.8 Å². The second kappa shape index (κ2) is 9.30. The van der Waals surface area contributed by atoms with Crippen molar-refractivity contribution in [3.05, 3.63) is 75.7 Å². The molecule has 0 radical (unpaired) electrons. The fraction of sp³-hybridized carbons (Fsp3) is 0.333. The number of aliphatic hydroxyl groups is 1. The van der Waals surface area contributed by atoms with E-state index in [2.05, 4.69) is 20.9 Å². The number of likely N-dealkylation sites (tertiary alicyclic amines) is 1. The minimum Gasteiger partial charge on any atom is -0.392 e. The highest BCUT2D eigenvalue weighted by molar-refractivity contribution is 5.81. The van der Waals surface area contributed by atoms with Gasteiger partial charge in [0, 0.05) is 26.7 Å². The Balaban J connectivity index is 1.57. The third-order valence-electron chi connectivity index (χ3n) is 5.94. The Kier molecular flexibility index (Phi) is 6.30. The van der Waals surface area contributed by atoms with Crippen molar-refractivity contribution in [2.45, 2.75) is 25.0 Å². The topological polar surface area (TPSA) is 113 Å². The van der Waals surface area contributed by atoms with E-state index in [1.165, 1.54) is 6.20 Å². The molecule has 2 N–H and O–H groups in total. The molecule has 2 aromatic carbocycles. The largest absolute Gasteiger partial charge is 0.392 e. The summed E-state index contributed by atoms with van der Waals surface area (Å²) in [6, 6.07) is 14.6. The smallest absolute Gasteiger partial charge is 0.266 e. The highest BCUT2D eigenvalue weighted by Gasteiger charge is 2.28. The average molecular weight is 431 g/mol. The van der Waals surface area contributed by atoms with Crippen molar-refractivity contribution in [3.8, 4) is 6.07 Å². The normalized spacial score (nSPS) is 17.2. The Morgan fingerprint density at radius 1 is 1.38 bits per heavy atom. The van der Waals surface area contributed by atoms with Gasteiger partial charge in [-0.3, -0.25) is 14.5 Å². The number of carbonyl (C=O) groups is 1. The van der Waals surface area contributed by atoms with E-state index >= 15 is 0 Å². The lowest BCUT2D eigenvalue weighted by Gasteiger charge is -2.32. The number of benzene rings is 2. The van der Waals surface area contributed by atoms with Crippen molar-refractivity contribution < 1.29 is 9.90 Å². The summed E-state index contributed by atoms with van der Waals surface area (Å²) < 4.78 is 0. The van der Waals surface area contributed by atoms with Crippen LogP contribution in [0.2, 0.25) is 0 Å². The van der Waals surface area contributed by atoms with Gasteiger partial charge in [-0.1, -0.05) is 18.2 Å². The van der Waals surface area contributed by atoms with Crippen molar-refractivity contribution in [1.29, 1.82) is 5.26 Å². The fourth-order valence-corrected chi connectivity index (χ4v) is 4.16. The van der Waals surface area contributed by atoms with E-state index in [-0.39, 0.29) is 30.0 Å². The van der Waals surface area contributed by atoms with Crippen molar-refractivity contribution in [2.24, 2.45) is 0 Å². The first-order chi connectivity index (χ1) is 15.4. The van der Waals surface area contributed by atoms with Crippen LogP contribution in [0.25, 0.3) is 11.0 Å². The number of hydrogen-bond acceptors (Lipinski definition) is 6. The molecule has 1 amide bonds. The molecule has 1 fully saturated rings. The number of nitrogens with zero attached hydrogens (tertiary/aromatic N) is 4. The number of aliphatic hydroxyl groups excluding tert-OH is 1. The van der Waals surface area contributed by atoms with Crippen LogP contribution in [0.3, 0.4) is 0 Å². The van der Waals surface area contributed by atoms with Crippen LogP contribution in [-0.2, 0) is 11.2 Å². The van der Waals surface area contributed by atoms with E-state index in [1.54, 1.807) is 30.1 Å². The van der Waals surface area contributed by atoms with Crippen molar-refractivity contribution in [3.63, 3.8) is 0 Å². The van der Waals surface area contributed by atoms with Gasteiger partial charge in [0.1, 0.15) is 0 Å².